The van der Waals surface area contributed by atoms with E-state index in [0.29, 0.717) is 18.5 Å². The van der Waals surface area contributed by atoms with E-state index >= 15 is 0 Å². The minimum absolute atomic E-state index is 0.0363. The number of imidazole rings is 1. The standard InChI is InChI=1S/C39H58N8O7/c1-4-6-8-10-12-14-19-23-30(48)53-33-29(25-41-38(50)40-3)52-37(34(33)54-31(49)24-20-15-13-11-9-7-5-2)47-27-44-32-35(42-26-43-36(32)47)46-39(51)45-28-21-17-16-18-22-28/h16-18,21-22,26-27,29,33-34,37H,4-15,19-20,23-25H2,1-3H3,(H2,40,41,50)(H2,42,43,45,46,51)/t29-,33-,34-,37-/m1/s1. The van der Waals surface area contributed by atoms with Crippen molar-refractivity contribution in [3.05, 3.63) is 43.0 Å². The lowest BCUT2D eigenvalue weighted by atomic mass is 10.1. The number of urea groups is 2. The fraction of sp³-hybridized carbons (Fsp3) is 0.615. The molecule has 0 aliphatic carbocycles. The fourth-order valence-corrected chi connectivity index (χ4v) is 6.44. The molecule has 1 aromatic carbocycles. The summed E-state index contributed by atoms with van der Waals surface area (Å²) in [4.78, 5) is 64.9. The van der Waals surface area contributed by atoms with Crippen LogP contribution in [0.2, 0.25) is 0 Å². The third kappa shape index (κ3) is 13.3. The maximum atomic E-state index is 13.4. The molecule has 0 unspecified atom stereocenters. The van der Waals surface area contributed by atoms with E-state index in [1.165, 1.54) is 58.2 Å². The number of benzene rings is 1. The summed E-state index contributed by atoms with van der Waals surface area (Å²) in [5, 5.41) is 10.7. The second kappa shape index (κ2) is 23.1. The summed E-state index contributed by atoms with van der Waals surface area (Å²) >= 11 is 0. The lowest BCUT2D eigenvalue weighted by Crippen LogP contribution is -2.45. The van der Waals surface area contributed by atoms with E-state index in [0.717, 1.165) is 38.5 Å². The molecule has 0 radical (unpaired) electrons. The number of para-hydroxylation sites is 1. The number of esters is 2. The molecule has 15 nitrogen and oxygen atoms in total. The van der Waals surface area contributed by atoms with Crippen LogP contribution in [0.1, 0.15) is 123 Å². The van der Waals surface area contributed by atoms with Crippen LogP contribution in [0.4, 0.5) is 21.1 Å². The van der Waals surface area contributed by atoms with Gasteiger partial charge in [0.15, 0.2) is 35.4 Å². The first-order chi connectivity index (χ1) is 26.3. The van der Waals surface area contributed by atoms with Gasteiger partial charge in [0.25, 0.3) is 0 Å². The number of ether oxygens (including phenoxy) is 3. The van der Waals surface area contributed by atoms with Crippen LogP contribution in [0.3, 0.4) is 0 Å². The summed E-state index contributed by atoms with van der Waals surface area (Å²) in [6.45, 7) is 4.32. The molecule has 4 rings (SSSR count). The van der Waals surface area contributed by atoms with Gasteiger partial charge >= 0.3 is 24.0 Å². The van der Waals surface area contributed by atoms with Gasteiger partial charge < -0.3 is 30.2 Å². The third-order valence-corrected chi connectivity index (χ3v) is 9.38. The summed E-state index contributed by atoms with van der Waals surface area (Å²) in [7, 11) is 1.49. The predicted octanol–water partition coefficient (Wildman–Crippen LogP) is 7.40. The van der Waals surface area contributed by atoms with E-state index in [1.807, 2.05) is 6.07 Å². The van der Waals surface area contributed by atoms with Gasteiger partial charge in [-0.3, -0.25) is 19.5 Å². The summed E-state index contributed by atoms with van der Waals surface area (Å²) < 4.78 is 20.2. The molecule has 296 valence electrons. The van der Waals surface area contributed by atoms with Crippen molar-refractivity contribution in [2.24, 2.45) is 0 Å². The Hall–Kier alpha value is -4.79. The van der Waals surface area contributed by atoms with E-state index in [4.69, 9.17) is 14.2 Å². The van der Waals surface area contributed by atoms with Crippen LogP contribution in [-0.4, -0.2) is 75.4 Å². The summed E-state index contributed by atoms with van der Waals surface area (Å²) in [5.74, 6) is -0.744. The maximum absolute atomic E-state index is 13.4. The van der Waals surface area contributed by atoms with Crippen LogP contribution in [-0.2, 0) is 23.8 Å². The van der Waals surface area contributed by atoms with Crippen LogP contribution in [0.5, 0.6) is 0 Å². The summed E-state index contributed by atoms with van der Waals surface area (Å²) in [6.07, 6.45) is 13.6. The number of nitrogens with zero attached hydrogens (tertiary/aromatic N) is 4. The molecule has 0 saturated carbocycles. The van der Waals surface area contributed by atoms with Crippen molar-refractivity contribution in [2.75, 3.05) is 24.2 Å². The van der Waals surface area contributed by atoms with Crippen molar-refractivity contribution in [3.63, 3.8) is 0 Å². The number of anilines is 2. The molecule has 54 heavy (non-hydrogen) atoms. The first-order valence-corrected chi connectivity index (χ1v) is 19.6. The number of carbonyl (C=O) groups is 4. The molecule has 1 aliphatic heterocycles. The number of nitrogens with one attached hydrogen (secondary N) is 4. The highest BCUT2D eigenvalue weighted by molar-refractivity contribution is 6.02. The van der Waals surface area contributed by atoms with Crippen LogP contribution < -0.4 is 21.3 Å². The van der Waals surface area contributed by atoms with Crippen molar-refractivity contribution >= 4 is 46.7 Å². The first kappa shape index (κ1) is 42.0. The molecule has 3 heterocycles. The molecule has 4 N–H and O–H groups in total. The van der Waals surface area contributed by atoms with Gasteiger partial charge in [-0.2, -0.15) is 0 Å². The van der Waals surface area contributed by atoms with Crippen molar-refractivity contribution in [1.29, 1.82) is 0 Å². The third-order valence-electron chi connectivity index (χ3n) is 9.38. The smallest absolute Gasteiger partial charge is 0.324 e. The molecule has 4 amide bonds. The Morgan fingerprint density at radius 1 is 0.722 bits per heavy atom. The molecule has 1 fully saturated rings. The SMILES string of the molecule is CCCCCCCCCC(=O)O[C@@H]1[C@H](OC(=O)CCCCCCCCC)[C@@H](CNC(=O)NC)O[C@H]1n1cnc2c(NC(=O)Nc3ccccc3)ncnc21. The lowest BCUT2D eigenvalue weighted by molar-refractivity contribution is -0.168. The largest absolute Gasteiger partial charge is 0.455 e. The average molecular weight is 751 g/mol. The van der Waals surface area contributed by atoms with Crippen LogP contribution in [0, 0.1) is 0 Å². The molecular weight excluding hydrogens is 692 g/mol. The quantitative estimate of drug-likeness (QED) is 0.0562. The summed E-state index contributed by atoms with van der Waals surface area (Å²) in [5.41, 5.74) is 1.14. The Kier molecular flexibility index (Phi) is 17.9. The zero-order chi connectivity index (χ0) is 38.5. The minimum atomic E-state index is -1.10. The molecule has 0 spiro atoms. The second-order valence-corrected chi connectivity index (χ2v) is 13.7. The Balaban J connectivity index is 1.55. The van der Waals surface area contributed by atoms with Crippen molar-refractivity contribution in [3.8, 4) is 0 Å². The predicted molar refractivity (Wildman–Crippen MR) is 206 cm³/mol. The van der Waals surface area contributed by atoms with E-state index in [-0.39, 0.29) is 36.4 Å². The number of amides is 4. The number of carbonyl (C=O) groups excluding carboxylic acids is 4. The second-order valence-electron chi connectivity index (χ2n) is 13.7. The van der Waals surface area contributed by atoms with Crippen LogP contribution >= 0.6 is 0 Å². The molecule has 1 aliphatic rings. The maximum Gasteiger partial charge on any atom is 0.324 e. The minimum Gasteiger partial charge on any atom is -0.455 e. The van der Waals surface area contributed by atoms with Crippen LogP contribution in [0.25, 0.3) is 11.2 Å². The first-order valence-electron chi connectivity index (χ1n) is 19.6. The Labute approximate surface area is 318 Å². The Morgan fingerprint density at radius 2 is 1.31 bits per heavy atom. The number of unbranched alkanes of at least 4 members (excludes halogenated alkanes) is 12. The molecule has 15 heteroatoms. The van der Waals surface area contributed by atoms with Gasteiger partial charge in [-0.1, -0.05) is 109 Å². The molecule has 4 atom stereocenters. The summed E-state index contributed by atoms with van der Waals surface area (Å²) in [6, 6.07) is 7.98. The lowest BCUT2D eigenvalue weighted by Gasteiger charge is -2.25. The molecular formula is C39H58N8O7. The van der Waals surface area contributed by atoms with E-state index in [9.17, 15) is 19.2 Å². The topological polar surface area (TPSA) is 188 Å². The van der Waals surface area contributed by atoms with Gasteiger partial charge in [0.05, 0.1) is 6.33 Å². The number of aromatic nitrogens is 4. The van der Waals surface area contributed by atoms with Crippen molar-refractivity contribution in [1.82, 2.24) is 30.2 Å². The number of hydrogen-bond donors (Lipinski definition) is 4. The zero-order valence-corrected chi connectivity index (χ0v) is 32.0. The van der Waals surface area contributed by atoms with E-state index in [1.54, 1.807) is 28.8 Å². The molecule has 3 aromatic rings. The number of hydrogen-bond acceptors (Lipinski definition) is 10. The normalized spacial score (nSPS) is 17.9. The number of fused-ring (bicyclic) bond motifs is 1. The van der Waals surface area contributed by atoms with Gasteiger partial charge in [0, 0.05) is 32.1 Å². The van der Waals surface area contributed by atoms with Crippen molar-refractivity contribution in [2.45, 2.75) is 141 Å². The molecule has 2 aromatic heterocycles. The highest BCUT2D eigenvalue weighted by Gasteiger charge is 2.51. The Morgan fingerprint density at radius 3 is 1.93 bits per heavy atom. The molecule has 1 saturated heterocycles. The van der Waals surface area contributed by atoms with E-state index in [2.05, 4.69) is 50.1 Å². The average Bonchev–Trinajstić information content (AvgIpc) is 3.74. The monoisotopic (exact) mass is 750 g/mol. The van der Waals surface area contributed by atoms with E-state index < -0.39 is 48.5 Å². The Bertz CT molecular complexity index is 1600. The van der Waals surface area contributed by atoms with Gasteiger partial charge in [-0.25, -0.2) is 24.5 Å². The van der Waals surface area contributed by atoms with Gasteiger partial charge in [-0.15, -0.1) is 0 Å². The highest BCUT2D eigenvalue weighted by Crippen LogP contribution is 2.36. The zero-order valence-electron chi connectivity index (χ0n) is 32.0. The van der Waals surface area contributed by atoms with Gasteiger partial charge in [0.2, 0.25) is 0 Å². The van der Waals surface area contributed by atoms with Crippen LogP contribution in [0.15, 0.2) is 43.0 Å². The van der Waals surface area contributed by atoms with Crippen molar-refractivity contribution < 1.29 is 33.4 Å². The van der Waals surface area contributed by atoms with Gasteiger partial charge in [-0.05, 0) is 25.0 Å². The fourth-order valence-electron chi connectivity index (χ4n) is 6.44. The number of rotatable bonds is 23. The van der Waals surface area contributed by atoms with Gasteiger partial charge in [0.1, 0.15) is 12.4 Å². The highest BCUT2D eigenvalue weighted by atomic mass is 16.6. The molecule has 0 bridgehead atoms.